The number of piperidine rings is 1. The highest BCUT2D eigenvalue weighted by atomic mass is 19.1. The lowest BCUT2D eigenvalue weighted by Crippen LogP contribution is -2.47. The number of rotatable bonds is 5. The van der Waals surface area contributed by atoms with E-state index >= 15 is 0 Å². The summed E-state index contributed by atoms with van der Waals surface area (Å²) in [6, 6.07) is 7.44. The highest BCUT2D eigenvalue weighted by Crippen LogP contribution is 2.43. The van der Waals surface area contributed by atoms with Crippen LogP contribution in [0.4, 0.5) is 31.3 Å². The zero-order valence-electron chi connectivity index (χ0n) is 24.6. The maximum Gasteiger partial charge on any atom is 0.420 e. The van der Waals surface area contributed by atoms with Crippen molar-refractivity contribution in [3.8, 4) is 0 Å². The average Bonchev–Trinajstić information content (AvgIpc) is 3.61. The van der Waals surface area contributed by atoms with Crippen LogP contribution < -0.4 is 10.2 Å². The maximum absolute atomic E-state index is 14.4. The van der Waals surface area contributed by atoms with Crippen molar-refractivity contribution in [3.05, 3.63) is 47.9 Å². The molecule has 5 rings (SSSR count). The predicted molar refractivity (Wildman–Crippen MR) is 154 cm³/mol. The Morgan fingerprint density at radius 3 is 2.44 bits per heavy atom. The Labute approximate surface area is 239 Å². The van der Waals surface area contributed by atoms with Gasteiger partial charge in [0, 0.05) is 30.8 Å². The molecule has 41 heavy (non-hydrogen) atoms. The first kappa shape index (κ1) is 28.6. The number of carbonyl (C=O) groups excluding carboxylic acids is 2. The van der Waals surface area contributed by atoms with Crippen LogP contribution in [-0.4, -0.2) is 62.0 Å². The number of nitrogens with zero attached hydrogens (tertiary/aromatic N) is 5. The van der Waals surface area contributed by atoms with Crippen LogP contribution >= 0.6 is 0 Å². The number of benzene rings is 1. The van der Waals surface area contributed by atoms with Crippen molar-refractivity contribution in [2.75, 3.05) is 23.3 Å². The fraction of sp³-hybridized carbons (Fsp3) is 0.533. The van der Waals surface area contributed by atoms with E-state index in [1.165, 1.54) is 17.0 Å². The molecule has 2 fully saturated rings. The minimum atomic E-state index is -0.785. The minimum Gasteiger partial charge on any atom is -0.444 e. The molecule has 1 unspecified atom stereocenters. The van der Waals surface area contributed by atoms with Crippen molar-refractivity contribution in [1.82, 2.24) is 19.5 Å². The third-order valence-electron chi connectivity index (χ3n) is 6.79. The molecule has 220 valence electrons. The lowest BCUT2D eigenvalue weighted by molar-refractivity contribution is 0.0206. The lowest BCUT2D eigenvalue weighted by Gasteiger charge is -2.34. The molecule has 2 aromatic heterocycles. The molecule has 1 saturated carbocycles. The summed E-state index contributed by atoms with van der Waals surface area (Å²) in [4.78, 5) is 34.3. The second-order valence-corrected chi connectivity index (χ2v) is 12.8. The molecule has 1 saturated heterocycles. The first-order valence-electron chi connectivity index (χ1n) is 14.2. The van der Waals surface area contributed by atoms with E-state index in [9.17, 15) is 14.0 Å². The number of halogens is 1. The first-order chi connectivity index (χ1) is 19.3. The van der Waals surface area contributed by atoms with Crippen LogP contribution in [0.15, 0.2) is 36.5 Å². The molecule has 3 aromatic rings. The van der Waals surface area contributed by atoms with E-state index in [-0.39, 0.29) is 12.1 Å². The Bertz CT molecular complexity index is 1440. The van der Waals surface area contributed by atoms with E-state index in [0.717, 1.165) is 31.2 Å². The Balaban J connectivity index is 1.54. The van der Waals surface area contributed by atoms with Crippen molar-refractivity contribution in [1.29, 1.82) is 0 Å². The second kappa shape index (κ2) is 10.8. The van der Waals surface area contributed by atoms with Crippen molar-refractivity contribution in [3.63, 3.8) is 0 Å². The molecular formula is C30H39FN6O4. The van der Waals surface area contributed by atoms with E-state index < -0.39 is 23.1 Å². The van der Waals surface area contributed by atoms with Crippen LogP contribution in [0.5, 0.6) is 0 Å². The summed E-state index contributed by atoms with van der Waals surface area (Å²) in [5, 5.41) is 8.09. The lowest BCUT2D eigenvalue weighted by atomic mass is 10.1. The fourth-order valence-corrected chi connectivity index (χ4v) is 4.93. The van der Waals surface area contributed by atoms with Crippen LogP contribution in [0.3, 0.4) is 0 Å². The van der Waals surface area contributed by atoms with Crippen LogP contribution in [0.2, 0.25) is 0 Å². The Morgan fingerprint density at radius 2 is 1.78 bits per heavy atom. The van der Waals surface area contributed by atoms with Crippen LogP contribution in [0.1, 0.15) is 78.7 Å². The largest absolute Gasteiger partial charge is 0.444 e. The first-order valence-corrected chi connectivity index (χ1v) is 14.2. The van der Waals surface area contributed by atoms with Crippen LogP contribution in [0.25, 0.3) is 5.65 Å². The standard InChI is InChI=1S/C30H39FN6O4/c1-29(2,3)40-27(38)35-14-8-10-21(18-35)33-24-16-25(37-26(34-24)23(17-32-37)19-12-13-19)36(28(39)41-30(4,5)6)22-11-7-9-20(31)15-22/h7,9,11,15-17,19,21H,8,10,12-14,18H2,1-6H3,(H,33,34). The van der Waals surface area contributed by atoms with E-state index in [1.54, 1.807) is 54.6 Å². The minimum absolute atomic E-state index is 0.0875. The number of ether oxygens (including phenoxy) is 2. The number of hydrogen-bond acceptors (Lipinski definition) is 7. The van der Waals surface area contributed by atoms with Gasteiger partial charge in [-0.2, -0.15) is 9.61 Å². The van der Waals surface area contributed by atoms with E-state index in [4.69, 9.17) is 14.5 Å². The van der Waals surface area contributed by atoms with Gasteiger partial charge in [-0.3, -0.25) is 0 Å². The van der Waals surface area contributed by atoms with Gasteiger partial charge in [0.25, 0.3) is 0 Å². The zero-order valence-corrected chi connectivity index (χ0v) is 24.6. The van der Waals surface area contributed by atoms with Gasteiger partial charge in [0.1, 0.15) is 28.7 Å². The number of carbonyl (C=O) groups is 2. The average molecular weight is 567 g/mol. The summed E-state index contributed by atoms with van der Waals surface area (Å²) in [5.74, 6) is 0.757. The molecule has 1 N–H and O–H groups in total. The summed E-state index contributed by atoms with van der Waals surface area (Å²) in [6.45, 7) is 12.0. The zero-order chi connectivity index (χ0) is 29.5. The Hall–Kier alpha value is -3.89. The SMILES string of the molecule is CC(C)(C)OC(=O)N1CCCC(Nc2cc(N(C(=O)OC(C)(C)C)c3cccc(F)c3)n3ncc(C4CC4)c3n2)C1. The monoisotopic (exact) mass is 566 g/mol. The van der Waals surface area contributed by atoms with Crippen molar-refractivity contribution in [2.45, 2.75) is 90.4 Å². The van der Waals surface area contributed by atoms with Gasteiger partial charge in [0.15, 0.2) is 5.65 Å². The molecule has 0 bridgehead atoms. The Morgan fingerprint density at radius 1 is 1.05 bits per heavy atom. The highest BCUT2D eigenvalue weighted by molar-refractivity contribution is 5.96. The molecule has 2 amide bonds. The number of fused-ring (bicyclic) bond motifs is 1. The molecule has 1 aliphatic carbocycles. The van der Waals surface area contributed by atoms with Crippen molar-refractivity contribution >= 4 is 35.2 Å². The van der Waals surface area contributed by atoms with Crippen LogP contribution in [0, 0.1) is 5.82 Å². The molecule has 11 heteroatoms. The third kappa shape index (κ3) is 6.89. The molecule has 0 radical (unpaired) electrons. The van der Waals surface area contributed by atoms with Gasteiger partial charge >= 0.3 is 12.2 Å². The van der Waals surface area contributed by atoms with Gasteiger partial charge in [-0.15, -0.1) is 0 Å². The topological polar surface area (TPSA) is 101 Å². The molecule has 1 atom stereocenters. The molecule has 1 aliphatic heterocycles. The third-order valence-corrected chi connectivity index (χ3v) is 6.79. The number of nitrogens with one attached hydrogen (secondary N) is 1. The summed E-state index contributed by atoms with van der Waals surface area (Å²) < 4.78 is 27.4. The van der Waals surface area contributed by atoms with Gasteiger partial charge in [-0.1, -0.05) is 6.07 Å². The maximum atomic E-state index is 14.4. The predicted octanol–water partition coefficient (Wildman–Crippen LogP) is 6.63. The highest BCUT2D eigenvalue weighted by Gasteiger charge is 2.33. The quantitative estimate of drug-likeness (QED) is 0.370. The van der Waals surface area contributed by atoms with Crippen molar-refractivity contribution in [2.24, 2.45) is 0 Å². The molecule has 2 aliphatic rings. The van der Waals surface area contributed by atoms with Gasteiger partial charge in [-0.05, 0) is 91.3 Å². The Kier molecular flexibility index (Phi) is 7.56. The summed E-state index contributed by atoms with van der Waals surface area (Å²) in [6.07, 6.45) is 4.50. The summed E-state index contributed by atoms with van der Waals surface area (Å²) >= 11 is 0. The van der Waals surface area contributed by atoms with Gasteiger partial charge in [0.2, 0.25) is 0 Å². The van der Waals surface area contributed by atoms with Gasteiger partial charge in [0.05, 0.1) is 11.9 Å². The van der Waals surface area contributed by atoms with E-state index in [1.807, 2.05) is 20.8 Å². The van der Waals surface area contributed by atoms with Gasteiger partial charge < -0.3 is 19.7 Å². The van der Waals surface area contributed by atoms with Gasteiger partial charge in [-0.25, -0.2) is 23.9 Å². The number of hydrogen-bond donors (Lipinski definition) is 1. The number of aromatic nitrogens is 3. The van der Waals surface area contributed by atoms with E-state index in [2.05, 4.69) is 10.4 Å². The van der Waals surface area contributed by atoms with Crippen molar-refractivity contribution < 1.29 is 23.5 Å². The smallest absolute Gasteiger partial charge is 0.420 e. The molecule has 10 nitrogen and oxygen atoms in total. The second-order valence-electron chi connectivity index (χ2n) is 12.8. The summed E-state index contributed by atoms with van der Waals surface area (Å²) in [5.41, 5.74) is 0.554. The number of amides is 2. The normalized spacial score (nSPS) is 17.8. The fourth-order valence-electron chi connectivity index (χ4n) is 4.93. The van der Waals surface area contributed by atoms with Crippen LogP contribution in [-0.2, 0) is 9.47 Å². The molecule has 0 spiro atoms. The number of anilines is 3. The molecule has 1 aromatic carbocycles. The summed E-state index contributed by atoms with van der Waals surface area (Å²) in [7, 11) is 0. The van der Waals surface area contributed by atoms with E-state index in [0.29, 0.717) is 42.0 Å². The molecular weight excluding hydrogens is 527 g/mol. The molecule has 3 heterocycles. The number of likely N-dealkylation sites (tertiary alicyclic amines) is 1.